The lowest BCUT2D eigenvalue weighted by Crippen LogP contribution is -2.42. The molecule has 2 aliphatic rings. The first-order valence-corrected chi connectivity index (χ1v) is 11.2. The van der Waals surface area contributed by atoms with Gasteiger partial charge in [-0.3, -0.25) is 14.3 Å². The first-order valence-electron chi connectivity index (χ1n) is 9.53. The van der Waals surface area contributed by atoms with Gasteiger partial charge in [-0.2, -0.15) is 0 Å². The van der Waals surface area contributed by atoms with Crippen LogP contribution in [-0.4, -0.2) is 50.9 Å². The van der Waals surface area contributed by atoms with Crippen LogP contribution in [0.2, 0.25) is 0 Å². The average molecular weight is 404 g/mol. The molecule has 0 radical (unpaired) electrons. The summed E-state index contributed by atoms with van der Waals surface area (Å²) in [6.07, 6.45) is 9.36. The molecule has 1 N–H and O–H groups in total. The van der Waals surface area contributed by atoms with Crippen molar-refractivity contribution in [3.8, 4) is 11.5 Å². The maximum atomic E-state index is 12.7. The molecule has 1 amide bonds. The zero-order valence-corrected chi connectivity index (χ0v) is 16.8. The van der Waals surface area contributed by atoms with Crippen molar-refractivity contribution < 1.29 is 13.2 Å². The van der Waals surface area contributed by atoms with Crippen LogP contribution in [0.5, 0.6) is 0 Å². The summed E-state index contributed by atoms with van der Waals surface area (Å²) < 4.78 is 26.8. The van der Waals surface area contributed by atoms with Gasteiger partial charge in [-0.25, -0.2) is 13.4 Å². The molecule has 10 heteroatoms. The van der Waals surface area contributed by atoms with Crippen LogP contribution in [0.15, 0.2) is 23.7 Å². The second-order valence-corrected chi connectivity index (χ2v) is 9.79. The Labute approximate surface area is 163 Å². The van der Waals surface area contributed by atoms with Gasteiger partial charge in [0.25, 0.3) is 0 Å². The van der Waals surface area contributed by atoms with Gasteiger partial charge in [0.05, 0.1) is 6.20 Å². The smallest absolute Gasteiger partial charge is 0.250 e. The van der Waals surface area contributed by atoms with Crippen molar-refractivity contribution in [2.75, 3.05) is 5.75 Å². The molecule has 2 saturated carbocycles. The van der Waals surface area contributed by atoms with E-state index in [4.69, 9.17) is 0 Å². The Morgan fingerprint density at radius 2 is 2.11 bits per heavy atom. The van der Waals surface area contributed by atoms with Crippen LogP contribution in [0.1, 0.15) is 32.6 Å². The highest BCUT2D eigenvalue weighted by Gasteiger charge is 2.42. The van der Waals surface area contributed by atoms with E-state index < -0.39 is 21.5 Å². The van der Waals surface area contributed by atoms with Gasteiger partial charge in [0.1, 0.15) is 11.4 Å². The molecular formula is C18H24N6O3S. The molecule has 4 atom stereocenters. The number of aromatic nitrogens is 5. The molecule has 9 nitrogen and oxygen atoms in total. The van der Waals surface area contributed by atoms with E-state index in [0.29, 0.717) is 17.5 Å². The lowest BCUT2D eigenvalue weighted by atomic mass is 9.84. The Kier molecular flexibility index (Phi) is 4.90. The highest BCUT2D eigenvalue weighted by Crippen LogP contribution is 2.49. The second kappa shape index (κ2) is 7.23. The van der Waals surface area contributed by atoms with Crippen molar-refractivity contribution in [3.63, 3.8) is 0 Å². The summed E-state index contributed by atoms with van der Waals surface area (Å²) in [5, 5.41) is 10.3. The molecule has 2 heterocycles. The molecule has 2 aromatic heterocycles. The number of fused-ring (bicyclic) bond motifs is 2. The van der Waals surface area contributed by atoms with Crippen LogP contribution in [0.4, 0.5) is 0 Å². The molecule has 4 rings (SSSR count). The Hall–Kier alpha value is -2.36. The van der Waals surface area contributed by atoms with Crippen LogP contribution in [0, 0.1) is 17.8 Å². The van der Waals surface area contributed by atoms with E-state index in [2.05, 4.69) is 25.5 Å². The third-order valence-electron chi connectivity index (χ3n) is 6.05. The van der Waals surface area contributed by atoms with Crippen molar-refractivity contribution in [1.82, 2.24) is 30.0 Å². The number of hydrogen-bond acceptors (Lipinski definition) is 7. The number of hydrogen-bond donors (Lipinski definition) is 1. The maximum absolute atomic E-state index is 12.7. The highest BCUT2D eigenvalue weighted by molar-refractivity contribution is 7.91. The van der Waals surface area contributed by atoms with Crippen LogP contribution >= 0.6 is 0 Å². The molecular weight excluding hydrogens is 380 g/mol. The Balaban J connectivity index is 1.44. The van der Waals surface area contributed by atoms with E-state index in [0.717, 1.165) is 12.3 Å². The maximum Gasteiger partial charge on any atom is 0.250 e. The molecule has 0 unspecified atom stereocenters. The zero-order valence-electron chi connectivity index (χ0n) is 15.9. The van der Waals surface area contributed by atoms with E-state index in [1.165, 1.54) is 49.5 Å². The van der Waals surface area contributed by atoms with E-state index in [9.17, 15) is 13.2 Å². The molecule has 28 heavy (non-hydrogen) atoms. The number of carbonyl (C=O) groups is 1. The Morgan fingerprint density at radius 1 is 1.29 bits per heavy atom. The van der Waals surface area contributed by atoms with Gasteiger partial charge in [-0.15, -0.1) is 10.2 Å². The minimum absolute atomic E-state index is 0.0207. The van der Waals surface area contributed by atoms with Gasteiger partial charge in [-0.1, -0.05) is 6.42 Å². The predicted molar refractivity (Wildman–Crippen MR) is 101 cm³/mol. The summed E-state index contributed by atoms with van der Waals surface area (Å²) in [5.41, 5.74) is 0.410. The number of sulfone groups is 1. The standard InChI is InChI=1S/C18H24N6O3S/c1-11(14-8-12-3-4-13(14)7-12)21-16(25)10-28(26,27)18-23-22-17(24(18)2)15-9-19-5-6-20-15/h5-6,9,11-14H,3-4,7-8,10H2,1-2H3,(H,21,25)/t11-,12-,13-,14+/m0/s1. The summed E-state index contributed by atoms with van der Waals surface area (Å²) >= 11 is 0. The first kappa shape index (κ1) is 19.0. The van der Waals surface area contributed by atoms with E-state index >= 15 is 0 Å². The molecule has 0 saturated heterocycles. The first-order chi connectivity index (χ1) is 13.3. The van der Waals surface area contributed by atoms with E-state index in [1.54, 1.807) is 0 Å². The summed E-state index contributed by atoms with van der Waals surface area (Å²) in [4.78, 5) is 20.5. The highest BCUT2D eigenvalue weighted by atomic mass is 32.2. The van der Waals surface area contributed by atoms with Gasteiger partial charge < -0.3 is 5.32 Å². The topological polar surface area (TPSA) is 120 Å². The molecule has 0 aliphatic heterocycles. The lowest BCUT2D eigenvalue weighted by Gasteiger charge is -2.28. The molecule has 0 spiro atoms. The van der Waals surface area contributed by atoms with Crippen LogP contribution in [-0.2, 0) is 21.7 Å². The molecule has 0 aromatic carbocycles. The molecule has 2 fully saturated rings. The van der Waals surface area contributed by atoms with Gasteiger partial charge in [0.15, 0.2) is 5.82 Å². The second-order valence-electron chi connectivity index (χ2n) is 7.91. The number of rotatable bonds is 6. The summed E-state index contributed by atoms with van der Waals surface area (Å²) in [6.45, 7) is 1.98. The number of carbonyl (C=O) groups excluding carboxylic acids is 1. The van der Waals surface area contributed by atoms with Crippen LogP contribution in [0.25, 0.3) is 11.5 Å². The van der Waals surface area contributed by atoms with Gasteiger partial charge in [0.2, 0.25) is 20.9 Å². The van der Waals surface area contributed by atoms with Crippen LogP contribution in [0.3, 0.4) is 0 Å². The normalized spacial score (nSPS) is 25.0. The average Bonchev–Trinajstić information content (AvgIpc) is 3.37. The zero-order chi connectivity index (χ0) is 19.9. The molecule has 2 bridgehead atoms. The van der Waals surface area contributed by atoms with E-state index in [-0.39, 0.29) is 17.0 Å². The number of amides is 1. The third kappa shape index (κ3) is 3.52. The fourth-order valence-electron chi connectivity index (χ4n) is 4.77. The Bertz CT molecular complexity index is 974. The van der Waals surface area contributed by atoms with Crippen molar-refractivity contribution in [1.29, 1.82) is 0 Å². The van der Waals surface area contributed by atoms with Gasteiger partial charge in [-0.05, 0) is 43.9 Å². The van der Waals surface area contributed by atoms with Crippen molar-refractivity contribution in [2.45, 2.75) is 43.8 Å². The molecule has 2 aliphatic carbocycles. The third-order valence-corrected chi connectivity index (χ3v) is 7.60. The number of nitrogens with zero attached hydrogens (tertiary/aromatic N) is 5. The van der Waals surface area contributed by atoms with Crippen molar-refractivity contribution >= 4 is 15.7 Å². The molecule has 150 valence electrons. The molecule has 2 aromatic rings. The quantitative estimate of drug-likeness (QED) is 0.762. The van der Waals surface area contributed by atoms with E-state index in [1.807, 2.05) is 6.92 Å². The van der Waals surface area contributed by atoms with Gasteiger partial charge >= 0.3 is 0 Å². The lowest BCUT2D eigenvalue weighted by molar-refractivity contribution is -0.119. The predicted octanol–water partition coefficient (Wildman–Crippen LogP) is 0.987. The fraction of sp³-hybridized carbons (Fsp3) is 0.611. The Morgan fingerprint density at radius 3 is 2.75 bits per heavy atom. The monoisotopic (exact) mass is 404 g/mol. The SMILES string of the molecule is C[C@H](NC(=O)CS(=O)(=O)c1nnc(-c2cnccn2)n1C)[C@H]1C[C@H]2CC[C@H]1C2. The van der Waals surface area contributed by atoms with Crippen molar-refractivity contribution in [2.24, 2.45) is 24.8 Å². The minimum Gasteiger partial charge on any atom is -0.352 e. The fourth-order valence-corrected chi connectivity index (χ4v) is 6.00. The summed E-state index contributed by atoms with van der Waals surface area (Å²) in [6, 6.07) is -0.0207. The minimum atomic E-state index is -3.93. The summed E-state index contributed by atoms with van der Waals surface area (Å²) in [5.74, 6) is 1.01. The van der Waals surface area contributed by atoms with Crippen molar-refractivity contribution in [3.05, 3.63) is 18.6 Å². The number of nitrogens with one attached hydrogen (secondary N) is 1. The summed E-state index contributed by atoms with van der Waals surface area (Å²) in [7, 11) is -2.39. The van der Waals surface area contributed by atoms with Crippen LogP contribution < -0.4 is 5.32 Å². The van der Waals surface area contributed by atoms with Gasteiger partial charge in [0, 0.05) is 25.5 Å². The largest absolute Gasteiger partial charge is 0.352 e.